The summed E-state index contributed by atoms with van der Waals surface area (Å²) in [4.78, 5) is 13.8. The number of nitrogens with zero attached hydrogens (tertiary/aromatic N) is 1. The Bertz CT molecular complexity index is 196. The van der Waals surface area contributed by atoms with Crippen LogP contribution in [0.5, 0.6) is 0 Å². The zero-order valence-corrected chi connectivity index (χ0v) is 9.89. The van der Waals surface area contributed by atoms with Gasteiger partial charge in [-0.15, -0.1) is 11.6 Å². The number of carbonyl (C=O) groups excluding carboxylic acids is 1. The van der Waals surface area contributed by atoms with Crippen molar-refractivity contribution in [1.29, 1.82) is 0 Å². The number of carbonyl (C=O) groups is 1. The van der Waals surface area contributed by atoms with Crippen molar-refractivity contribution in [1.82, 2.24) is 4.90 Å². The Morgan fingerprint density at radius 2 is 2.21 bits per heavy atom. The summed E-state index contributed by atoms with van der Waals surface area (Å²) in [6, 6.07) is 0.418. The third-order valence-electron chi connectivity index (χ3n) is 2.98. The van der Waals surface area contributed by atoms with Gasteiger partial charge in [-0.2, -0.15) is 0 Å². The first-order chi connectivity index (χ1) is 6.65. The molecule has 0 aliphatic carbocycles. The Balaban J connectivity index is 2.39. The molecule has 0 N–H and O–H groups in total. The summed E-state index contributed by atoms with van der Waals surface area (Å²) in [6.45, 7) is 5.34. The zero-order valence-electron chi connectivity index (χ0n) is 9.13. The number of alkyl halides is 1. The van der Waals surface area contributed by atoms with Gasteiger partial charge >= 0.3 is 0 Å². The lowest BCUT2D eigenvalue weighted by atomic mass is 9.93. The molecule has 1 rings (SSSR count). The minimum atomic E-state index is 0.282. The largest absolute Gasteiger partial charge is 0.340 e. The van der Waals surface area contributed by atoms with Crippen LogP contribution in [0.3, 0.4) is 0 Å². The fourth-order valence-electron chi connectivity index (χ4n) is 2.14. The molecule has 0 aromatic heterocycles. The molecule has 1 saturated heterocycles. The number of hydrogen-bond acceptors (Lipinski definition) is 1. The number of amides is 1. The van der Waals surface area contributed by atoms with E-state index in [0.29, 0.717) is 18.3 Å². The van der Waals surface area contributed by atoms with Crippen LogP contribution in [-0.2, 0) is 4.79 Å². The van der Waals surface area contributed by atoms with Gasteiger partial charge in [-0.1, -0.05) is 6.92 Å². The lowest BCUT2D eigenvalue weighted by molar-refractivity contribution is -0.135. The van der Waals surface area contributed by atoms with Gasteiger partial charge in [0.2, 0.25) is 5.91 Å². The molecule has 0 aromatic carbocycles. The maximum Gasteiger partial charge on any atom is 0.222 e. The number of piperidine rings is 1. The van der Waals surface area contributed by atoms with Crippen molar-refractivity contribution in [2.75, 3.05) is 12.4 Å². The van der Waals surface area contributed by atoms with Crippen LogP contribution in [0.15, 0.2) is 0 Å². The minimum Gasteiger partial charge on any atom is -0.340 e. The van der Waals surface area contributed by atoms with E-state index in [-0.39, 0.29) is 5.91 Å². The molecule has 0 saturated carbocycles. The Morgan fingerprint density at radius 1 is 1.50 bits per heavy atom. The monoisotopic (exact) mass is 217 g/mol. The predicted octanol–water partition coefficient (Wildman–Crippen LogP) is 2.65. The maximum atomic E-state index is 11.7. The minimum absolute atomic E-state index is 0.282. The van der Waals surface area contributed by atoms with E-state index in [1.165, 1.54) is 0 Å². The number of hydrogen-bond donors (Lipinski definition) is 0. The smallest absolute Gasteiger partial charge is 0.222 e. The molecule has 1 aliphatic rings. The molecule has 3 heteroatoms. The standard InChI is InChI=1S/C11H20ClNO/c1-9-5-7-13(10(2)8-9)11(14)4-3-6-12/h9-10H,3-8H2,1-2H3. The lowest BCUT2D eigenvalue weighted by Gasteiger charge is -2.36. The molecule has 2 atom stereocenters. The van der Waals surface area contributed by atoms with Crippen molar-refractivity contribution in [2.24, 2.45) is 5.92 Å². The van der Waals surface area contributed by atoms with E-state index in [4.69, 9.17) is 11.6 Å². The molecular weight excluding hydrogens is 198 g/mol. The summed E-state index contributed by atoms with van der Waals surface area (Å²) in [6.07, 6.45) is 3.71. The Morgan fingerprint density at radius 3 is 2.79 bits per heavy atom. The molecular formula is C11H20ClNO. The van der Waals surface area contributed by atoms with Crippen molar-refractivity contribution in [3.8, 4) is 0 Å². The Labute approximate surface area is 91.6 Å². The molecule has 2 unspecified atom stereocenters. The summed E-state index contributed by atoms with van der Waals surface area (Å²) in [5.74, 6) is 1.64. The summed E-state index contributed by atoms with van der Waals surface area (Å²) < 4.78 is 0. The molecule has 1 amide bonds. The van der Waals surface area contributed by atoms with Crippen LogP contribution in [0, 0.1) is 5.92 Å². The van der Waals surface area contributed by atoms with Gasteiger partial charge < -0.3 is 4.90 Å². The third kappa shape index (κ3) is 3.16. The van der Waals surface area contributed by atoms with E-state index >= 15 is 0 Å². The number of halogens is 1. The van der Waals surface area contributed by atoms with Crippen LogP contribution in [0.1, 0.15) is 39.5 Å². The summed E-state index contributed by atoms with van der Waals surface area (Å²) >= 11 is 5.57. The van der Waals surface area contributed by atoms with E-state index in [0.717, 1.165) is 31.7 Å². The molecule has 1 aliphatic heterocycles. The van der Waals surface area contributed by atoms with Crippen molar-refractivity contribution in [3.63, 3.8) is 0 Å². The summed E-state index contributed by atoms with van der Waals surface area (Å²) in [7, 11) is 0. The lowest BCUT2D eigenvalue weighted by Crippen LogP contribution is -2.44. The van der Waals surface area contributed by atoms with Gasteiger partial charge in [0.1, 0.15) is 0 Å². The van der Waals surface area contributed by atoms with Crippen LogP contribution < -0.4 is 0 Å². The second kappa shape index (κ2) is 5.59. The molecule has 0 bridgehead atoms. The van der Waals surface area contributed by atoms with E-state index in [9.17, 15) is 4.79 Å². The molecule has 0 aromatic rings. The van der Waals surface area contributed by atoms with Crippen LogP contribution in [-0.4, -0.2) is 29.3 Å². The Hall–Kier alpha value is -0.240. The zero-order chi connectivity index (χ0) is 10.6. The Kier molecular flexibility index (Phi) is 4.73. The number of likely N-dealkylation sites (tertiary alicyclic amines) is 1. The molecule has 82 valence electrons. The molecule has 1 heterocycles. The SMILES string of the molecule is CC1CCN(C(=O)CCCCl)C(C)C1. The highest BCUT2D eigenvalue weighted by Gasteiger charge is 2.25. The average molecular weight is 218 g/mol. The van der Waals surface area contributed by atoms with Crippen molar-refractivity contribution in [2.45, 2.75) is 45.6 Å². The highest BCUT2D eigenvalue weighted by Crippen LogP contribution is 2.22. The van der Waals surface area contributed by atoms with Crippen molar-refractivity contribution < 1.29 is 4.79 Å². The highest BCUT2D eigenvalue weighted by molar-refractivity contribution is 6.17. The summed E-state index contributed by atoms with van der Waals surface area (Å²) in [5.41, 5.74) is 0. The predicted molar refractivity (Wildman–Crippen MR) is 59.5 cm³/mol. The molecule has 2 nitrogen and oxygen atoms in total. The first-order valence-corrected chi connectivity index (χ1v) is 6.04. The average Bonchev–Trinajstić information content (AvgIpc) is 2.14. The van der Waals surface area contributed by atoms with Crippen molar-refractivity contribution >= 4 is 17.5 Å². The quantitative estimate of drug-likeness (QED) is 0.666. The van der Waals surface area contributed by atoms with E-state index in [1.807, 2.05) is 4.90 Å². The van der Waals surface area contributed by atoms with Gasteiger partial charge in [-0.3, -0.25) is 4.79 Å². The molecule has 0 radical (unpaired) electrons. The van der Waals surface area contributed by atoms with E-state index in [1.54, 1.807) is 0 Å². The van der Waals surface area contributed by atoms with Gasteiger partial charge in [0.25, 0.3) is 0 Å². The first-order valence-electron chi connectivity index (χ1n) is 5.50. The second-order valence-electron chi connectivity index (χ2n) is 4.36. The van der Waals surface area contributed by atoms with Gasteiger partial charge in [-0.05, 0) is 32.1 Å². The summed E-state index contributed by atoms with van der Waals surface area (Å²) in [5, 5.41) is 0. The topological polar surface area (TPSA) is 20.3 Å². The van der Waals surface area contributed by atoms with Gasteiger partial charge in [0.05, 0.1) is 0 Å². The second-order valence-corrected chi connectivity index (χ2v) is 4.74. The van der Waals surface area contributed by atoms with Gasteiger partial charge in [0, 0.05) is 24.9 Å². The van der Waals surface area contributed by atoms with Crippen LogP contribution in [0.2, 0.25) is 0 Å². The number of rotatable bonds is 3. The normalized spacial score (nSPS) is 27.8. The van der Waals surface area contributed by atoms with Crippen LogP contribution in [0.25, 0.3) is 0 Å². The molecule has 0 spiro atoms. The van der Waals surface area contributed by atoms with E-state index < -0.39 is 0 Å². The molecule has 14 heavy (non-hydrogen) atoms. The molecule has 1 fully saturated rings. The highest BCUT2D eigenvalue weighted by atomic mass is 35.5. The van der Waals surface area contributed by atoms with Crippen molar-refractivity contribution in [3.05, 3.63) is 0 Å². The van der Waals surface area contributed by atoms with Crippen LogP contribution >= 0.6 is 11.6 Å². The third-order valence-corrected chi connectivity index (χ3v) is 3.25. The van der Waals surface area contributed by atoms with Gasteiger partial charge in [-0.25, -0.2) is 0 Å². The fraction of sp³-hybridized carbons (Fsp3) is 0.909. The van der Waals surface area contributed by atoms with Gasteiger partial charge in [0.15, 0.2) is 0 Å². The maximum absolute atomic E-state index is 11.7. The van der Waals surface area contributed by atoms with E-state index in [2.05, 4.69) is 13.8 Å². The fourth-order valence-corrected chi connectivity index (χ4v) is 2.27. The van der Waals surface area contributed by atoms with Crippen LogP contribution in [0.4, 0.5) is 0 Å². The first kappa shape index (κ1) is 11.8.